The second-order valence-corrected chi connectivity index (χ2v) is 4.11. The fourth-order valence-corrected chi connectivity index (χ4v) is 1.99. The molecule has 0 amide bonds. The van der Waals surface area contributed by atoms with E-state index >= 15 is 0 Å². The number of halogens is 1. The summed E-state index contributed by atoms with van der Waals surface area (Å²) >= 11 is 5.57. The molecule has 5 heteroatoms. The van der Waals surface area contributed by atoms with Crippen molar-refractivity contribution >= 4 is 11.6 Å². The van der Waals surface area contributed by atoms with Gasteiger partial charge in [-0.15, -0.1) is 21.8 Å². The molecule has 0 atom stereocenters. The first-order valence-corrected chi connectivity index (χ1v) is 5.84. The molecule has 0 spiro atoms. The van der Waals surface area contributed by atoms with Crippen molar-refractivity contribution in [1.29, 1.82) is 0 Å². The van der Waals surface area contributed by atoms with Crippen LogP contribution in [0, 0.1) is 5.92 Å². The maximum atomic E-state index is 5.57. The van der Waals surface area contributed by atoms with Crippen LogP contribution in [-0.4, -0.2) is 22.9 Å². The molecule has 1 saturated carbocycles. The van der Waals surface area contributed by atoms with Crippen molar-refractivity contribution in [3.8, 4) is 0 Å². The predicted octanol–water partition coefficient (Wildman–Crippen LogP) is 2.17. The predicted molar refractivity (Wildman–Crippen MR) is 55.7 cm³/mol. The van der Waals surface area contributed by atoms with Gasteiger partial charge in [0, 0.05) is 13.0 Å². The lowest BCUT2D eigenvalue weighted by Gasteiger charge is -2.33. The maximum absolute atomic E-state index is 5.57. The normalized spacial score (nSPS) is 25.2. The molecule has 0 aliphatic heterocycles. The smallest absolute Gasteiger partial charge is 0.231 e. The van der Waals surface area contributed by atoms with Gasteiger partial charge in [0.1, 0.15) is 5.88 Å². The summed E-state index contributed by atoms with van der Waals surface area (Å²) in [6.07, 6.45) is 3.50. The van der Waals surface area contributed by atoms with E-state index in [-0.39, 0.29) is 0 Å². The highest BCUT2D eigenvalue weighted by molar-refractivity contribution is 6.16. The largest absolute Gasteiger partial charge is 0.424 e. The van der Waals surface area contributed by atoms with Gasteiger partial charge in [0.15, 0.2) is 0 Å². The minimum Gasteiger partial charge on any atom is -0.424 e. The summed E-state index contributed by atoms with van der Waals surface area (Å²) in [6, 6.07) is 0. The molecular weight excluding hydrogens is 216 g/mol. The maximum Gasteiger partial charge on any atom is 0.231 e. The Hall–Kier alpha value is -0.610. The standard InChI is InChI=1S/C10H15ClN2O2/c1-2-14-8-3-7(4-8)5-9-12-13-10(6-11)15-9/h7-8H,2-6H2,1H3. The van der Waals surface area contributed by atoms with Crippen LogP contribution in [0.25, 0.3) is 0 Å². The third kappa shape index (κ3) is 2.69. The summed E-state index contributed by atoms with van der Waals surface area (Å²) in [5, 5.41) is 7.76. The highest BCUT2D eigenvalue weighted by Crippen LogP contribution is 2.32. The van der Waals surface area contributed by atoms with E-state index < -0.39 is 0 Å². The summed E-state index contributed by atoms with van der Waals surface area (Å²) < 4.78 is 10.8. The van der Waals surface area contributed by atoms with Gasteiger partial charge in [-0.25, -0.2) is 0 Å². The second-order valence-electron chi connectivity index (χ2n) is 3.84. The van der Waals surface area contributed by atoms with Crippen LogP contribution < -0.4 is 0 Å². The van der Waals surface area contributed by atoms with E-state index in [1.54, 1.807) is 0 Å². The summed E-state index contributed by atoms with van der Waals surface area (Å²) in [4.78, 5) is 0. The lowest BCUT2D eigenvalue weighted by molar-refractivity contribution is -0.0255. The molecule has 15 heavy (non-hydrogen) atoms. The fourth-order valence-electron chi connectivity index (χ4n) is 1.88. The van der Waals surface area contributed by atoms with Gasteiger partial charge >= 0.3 is 0 Å². The van der Waals surface area contributed by atoms with Crippen LogP contribution in [0.2, 0.25) is 0 Å². The molecule has 1 heterocycles. The van der Waals surface area contributed by atoms with Gasteiger partial charge in [-0.3, -0.25) is 0 Å². The van der Waals surface area contributed by atoms with E-state index in [9.17, 15) is 0 Å². The Morgan fingerprint density at radius 3 is 2.73 bits per heavy atom. The first-order valence-electron chi connectivity index (χ1n) is 5.30. The average Bonchev–Trinajstić information content (AvgIpc) is 2.62. The molecule has 0 unspecified atom stereocenters. The molecule has 1 aromatic heterocycles. The zero-order chi connectivity index (χ0) is 10.7. The Kier molecular flexibility index (Phi) is 3.59. The molecule has 4 nitrogen and oxygen atoms in total. The topological polar surface area (TPSA) is 48.2 Å². The lowest BCUT2D eigenvalue weighted by atomic mass is 9.80. The summed E-state index contributed by atoms with van der Waals surface area (Å²) in [5.74, 6) is 2.13. The molecule has 0 bridgehead atoms. The fraction of sp³-hybridized carbons (Fsp3) is 0.800. The monoisotopic (exact) mass is 230 g/mol. The number of aromatic nitrogens is 2. The average molecular weight is 231 g/mol. The quantitative estimate of drug-likeness (QED) is 0.728. The van der Waals surface area contributed by atoms with Gasteiger partial charge in [-0.05, 0) is 25.7 Å². The molecule has 1 aliphatic rings. The minimum atomic E-state index is 0.291. The van der Waals surface area contributed by atoms with Gasteiger partial charge in [0.25, 0.3) is 0 Å². The lowest BCUT2D eigenvalue weighted by Crippen LogP contribution is -2.32. The second kappa shape index (κ2) is 4.94. The van der Waals surface area contributed by atoms with Crippen molar-refractivity contribution < 1.29 is 9.15 Å². The number of alkyl halides is 1. The van der Waals surface area contributed by atoms with Crippen molar-refractivity contribution in [3.05, 3.63) is 11.8 Å². The van der Waals surface area contributed by atoms with Crippen LogP contribution in [0.1, 0.15) is 31.5 Å². The van der Waals surface area contributed by atoms with Crippen LogP contribution in [0.4, 0.5) is 0 Å². The number of nitrogens with zero attached hydrogens (tertiary/aromatic N) is 2. The van der Waals surface area contributed by atoms with E-state index in [2.05, 4.69) is 10.2 Å². The zero-order valence-corrected chi connectivity index (χ0v) is 9.54. The number of rotatable bonds is 5. The van der Waals surface area contributed by atoms with Gasteiger partial charge in [-0.2, -0.15) is 0 Å². The molecule has 0 N–H and O–H groups in total. The minimum absolute atomic E-state index is 0.291. The first kappa shape index (κ1) is 10.9. The summed E-state index contributed by atoms with van der Waals surface area (Å²) in [5.41, 5.74) is 0. The Morgan fingerprint density at radius 2 is 2.13 bits per heavy atom. The molecule has 0 aromatic carbocycles. The molecule has 1 fully saturated rings. The van der Waals surface area contributed by atoms with Gasteiger partial charge in [-0.1, -0.05) is 0 Å². The van der Waals surface area contributed by atoms with Crippen LogP contribution in [0.5, 0.6) is 0 Å². The van der Waals surface area contributed by atoms with Gasteiger partial charge < -0.3 is 9.15 Å². The molecule has 1 aliphatic carbocycles. The third-order valence-corrected chi connectivity index (χ3v) is 2.91. The van der Waals surface area contributed by atoms with Crippen molar-refractivity contribution in [2.75, 3.05) is 6.61 Å². The first-order chi connectivity index (χ1) is 7.31. The van der Waals surface area contributed by atoms with E-state index in [1.807, 2.05) is 6.92 Å². The van der Waals surface area contributed by atoms with E-state index in [0.717, 1.165) is 25.9 Å². The van der Waals surface area contributed by atoms with Gasteiger partial charge in [0.2, 0.25) is 11.8 Å². The van der Waals surface area contributed by atoms with Gasteiger partial charge in [0.05, 0.1) is 6.10 Å². The molecule has 0 radical (unpaired) electrons. The van der Waals surface area contributed by atoms with Crippen LogP contribution in [0.15, 0.2) is 4.42 Å². The van der Waals surface area contributed by atoms with Crippen molar-refractivity contribution in [1.82, 2.24) is 10.2 Å². The number of ether oxygens (including phenoxy) is 1. The highest BCUT2D eigenvalue weighted by atomic mass is 35.5. The van der Waals surface area contributed by atoms with E-state index in [1.165, 1.54) is 0 Å². The molecular formula is C10H15ClN2O2. The van der Waals surface area contributed by atoms with Crippen LogP contribution in [0.3, 0.4) is 0 Å². The highest BCUT2D eigenvalue weighted by Gasteiger charge is 2.30. The van der Waals surface area contributed by atoms with Crippen molar-refractivity contribution in [2.24, 2.45) is 5.92 Å². The Labute approximate surface area is 94.0 Å². The number of hydrogen-bond acceptors (Lipinski definition) is 4. The van der Waals surface area contributed by atoms with E-state index in [4.69, 9.17) is 20.8 Å². The summed E-state index contributed by atoms with van der Waals surface area (Å²) in [6.45, 7) is 2.83. The number of hydrogen-bond donors (Lipinski definition) is 0. The SMILES string of the molecule is CCOC1CC(Cc2nnc(CCl)o2)C1. The molecule has 84 valence electrons. The van der Waals surface area contributed by atoms with Crippen LogP contribution >= 0.6 is 11.6 Å². The molecule has 0 saturated heterocycles. The Morgan fingerprint density at radius 1 is 1.40 bits per heavy atom. The Bertz CT molecular complexity index is 310. The molecule has 1 aromatic rings. The summed E-state index contributed by atoms with van der Waals surface area (Å²) in [7, 11) is 0. The Balaban J connectivity index is 1.75. The zero-order valence-electron chi connectivity index (χ0n) is 8.78. The third-order valence-electron chi connectivity index (χ3n) is 2.68. The van der Waals surface area contributed by atoms with Crippen molar-refractivity contribution in [3.63, 3.8) is 0 Å². The molecule has 2 rings (SSSR count). The van der Waals surface area contributed by atoms with Crippen LogP contribution in [-0.2, 0) is 17.0 Å². The van der Waals surface area contributed by atoms with Crippen molar-refractivity contribution in [2.45, 2.75) is 38.2 Å². The van der Waals surface area contributed by atoms with E-state index in [0.29, 0.717) is 29.7 Å².